The average molecular weight is 324 g/mol. The van der Waals surface area contributed by atoms with E-state index in [1.54, 1.807) is 27.5 Å². The van der Waals surface area contributed by atoms with Crippen LogP contribution >= 0.6 is 15.9 Å². The van der Waals surface area contributed by atoms with Crippen LogP contribution in [0.3, 0.4) is 0 Å². The minimum Gasteiger partial charge on any atom is -0.493 e. The van der Waals surface area contributed by atoms with E-state index in [9.17, 15) is 0 Å². The number of nitrogens with zero attached hydrogens (tertiary/aromatic N) is 1. The number of pyridine rings is 1. The lowest BCUT2D eigenvalue weighted by atomic mass is 10.1. The Hall–Kier alpha value is -1.75. The third-order valence-electron chi connectivity index (χ3n) is 2.69. The van der Waals surface area contributed by atoms with E-state index < -0.39 is 0 Å². The molecule has 0 bridgehead atoms. The third-order valence-corrected chi connectivity index (χ3v) is 3.16. The average Bonchev–Trinajstić information content (AvgIpc) is 2.46. The van der Waals surface area contributed by atoms with Crippen LogP contribution in [0.2, 0.25) is 0 Å². The number of hydrogen-bond acceptors (Lipinski definition) is 4. The van der Waals surface area contributed by atoms with Gasteiger partial charge in [0, 0.05) is 16.2 Å². The van der Waals surface area contributed by atoms with Gasteiger partial charge in [0.25, 0.3) is 0 Å². The Balaban J connectivity index is 2.55. The van der Waals surface area contributed by atoms with Gasteiger partial charge in [-0.2, -0.15) is 0 Å². The van der Waals surface area contributed by atoms with Crippen molar-refractivity contribution in [1.82, 2.24) is 4.98 Å². The van der Waals surface area contributed by atoms with E-state index in [0.717, 1.165) is 15.7 Å². The summed E-state index contributed by atoms with van der Waals surface area (Å²) >= 11 is 3.37. The number of benzene rings is 1. The van der Waals surface area contributed by atoms with Gasteiger partial charge in [0.1, 0.15) is 0 Å². The van der Waals surface area contributed by atoms with Crippen molar-refractivity contribution in [3.8, 4) is 28.5 Å². The standard InChI is InChI=1S/C14H14BrNO3/c1-17-12-6-9(7-13(18-2)14(12)19-3)11-5-4-10(15)8-16-11/h4-8H,1-3H3. The Morgan fingerprint density at radius 2 is 1.58 bits per heavy atom. The van der Waals surface area contributed by atoms with Gasteiger partial charge in [-0.1, -0.05) is 0 Å². The molecule has 0 spiro atoms. The second-order valence-electron chi connectivity index (χ2n) is 3.78. The van der Waals surface area contributed by atoms with Gasteiger partial charge in [0.05, 0.1) is 27.0 Å². The molecule has 0 radical (unpaired) electrons. The van der Waals surface area contributed by atoms with Gasteiger partial charge < -0.3 is 14.2 Å². The van der Waals surface area contributed by atoms with Gasteiger partial charge in [-0.3, -0.25) is 4.98 Å². The van der Waals surface area contributed by atoms with Crippen molar-refractivity contribution in [2.24, 2.45) is 0 Å². The molecule has 2 aromatic rings. The molecule has 5 heteroatoms. The van der Waals surface area contributed by atoms with Crippen LogP contribution < -0.4 is 14.2 Å². The smallest absolute Gasteiger partial charge is 0.203 e. The maximum atomic E-state index is 5.32. The van der Waals surface area contributed by atoms with E-state index in [1.165, 1.54) is 0 Å². The molecule has 2 rings (SSSR count). The number of halogens is 1. The monoisotopic (exact) mass is 323 g/mol. The molecule has 1 aromatic heterocycles. The maximum Gasteiger partial charge on any atom is 0.203 e. The van der Waals surface area contributed by atoms with E-state index in [0.29, 0.717) is 17.2 Å². The summed E-state index contributed by atoms with van der Waals surface area (Å²) in [6.45, 7) is 0. The fourth-order valence-corrected chi connectivity index (χ4v) is 2.01. The molecule has 0 unspecified atom stereocenters. The molecule has 0 aliphatic carbocycles. The van der Waals surface area contributed by atoms with E-state index in [1.807, 2.05) is 24.3 Å². The summed E-state index contributed by atoms with van der Waals surface area (Å²) < 4.78 is 16.9. The predicted octanol–water partition coefficient (Wildman–Crippen LogP) is 3.54. The van der Waals surface area contributed by atoms with Crippen molar-refractivity contribution in [2.75, 3.05) is 21.3 Å². The molecule has 0 aliphatic rings. The van der Waals surface area contributed by atoms with Crippen LogP contribution in [0.5, 0.6) is 17.2 Å². The Morgan fingerprint density at radius 3 is 2.00 bits per heavy atom. The first-order valence-electron chi connectivity index (χ1n) is 5.61. The molecule has 19 heavy (non-hydrogen) atoms. The number of aromatic nitrogens is 1. The molecule has 4 nitrogen and oxygen atoms in total. The normalized spacial score (nSPS) is 10.1. The van der Waals surface area contributed by atoms with Crippen LogP contribution in [-0.4, -0.2) is 26.3 Å². The largest absolute Gasteiger partial charge is 0.493 e. The van der Waals surface area contributed by atoms with Crippen LogP contribution in [0.1, 0.15) is 0 Å². The second kappa shape index (κ2) is 5.93. The highest BCUT2D eigenvalue weighted by molar-refractivity contribution is 9.10. The molecular weight excluding hydrogens is 310 g/mol. The first-order valence-corrected chi connectivity index (χ1v) is 6.40. The van der Waals surface area contributed by atoms with Gasteiger partial charge in [0.2, 0.25) is 5.75 Å². The quantitative estimate of drug-likeness (QED) is 0.863. The van der Waals surface area contributed by atoms with Gasteiger partial charge in [-0.05, 0) is 40.2 Å². The Labute approximate surface area is 120 Å². The molecular formula is C14H14BrNO3. The molecule has 0 atom stereocenters. The Morgan fingerprint density at radius 1 is 0.947 bits per heavy atom. The zero-order valence-corrected chi connectivity index (χ0v) is 12.5. The summed E-state index contributed by atoms with van der Waals surface area (Å²) in [6.07, 6.45) is 1.75. The van der Waals surface area contributed by atoms with E-state index in [2.05, 4.69) is 20.9 Å². The summed E-state index contributed by atoms with van der Waals surface area (Å²) in [5, 5.41) is 0. The summed E-state index contributed by atoms with van der Waals surface area (Å²) in [4.78, 5) is 4.36. The molecule has 0 saturated heterocycles. The SMILES string of the molecule is COc1cc(-c2ccc(Br)cn2)cc(OC)c1OC. The number of rotatable bonds is 4. The van der Waals surface area contributed by atoms with Crippen molar-refractivity contribution in [1.29, 1.82) is 0 Å². The van der Waals surface area contributed by atoms with Crippen molar-refractivity contribution in [2.45, 2.75) is 0 Å². The lowest BCUT2D eigenvalue weighted by Gasteiger charge is -2.13. The highest BCUT2D eigenvalue weighted by Crippen LogP contribution is 2.40. The van der Waals surface area contributed by atoms with Crippen molar-refractivity contribution < 1.29 is 14.2 Å². The Bertz CT molecular complexity index is 544. The summed E-state index contributed by atoms with van der Waals surface area (Å²) in [5.41, 5.74) is 1.74. The van der Waals surface area contributed by atoms with Crippen LogP contribution in [-0.2, 0) is 0 Å². The number of ether oxygens (including phenoxy) is 3. The summed E-state index contributed by atoms with van der Waals surface area (Å²) in [5.74, 6) is 1.80. The molecule has 100 valence electrons. The molecule has 1 aromatic carbocycles. The topological polar surface area (TPSA) is 40.6 Å². The van der Waals surface area contributed by atoms with Gasteiger partial charge >= 0.3 is 0 Å². The lowest BCUT2D eigenvalue weighted by molar-refractivity contribution is 0.324. The van der Waals surface area contributed by atoms with Gasteiger partial charge in [0.15, 0.2) is 11.5 Å². The molecule has 0 fully saturated rings. The predicted molar refractivity (Wildman–Crippen MR) is 77.0 cm³/mol. The molecule has 0 saturated carbocycles. The summed E-state index contributed by atoms with van der Waals surface area (Å²) in [7, 11) is 4.77. The minimum absolute atomic E-state index is 0.575. The van der Waals surface area contributed by atoms with Crippen molar-refractivity contribution in [3.05, 3.63) is 34.9 Å². The fourth-order valence-electron chi connectivity index (χ4n) is 1.78. The Kier molecular flexibility index (Phi) is 4.27. The minimum atomic E-state index is 0.575. The van der Waals surface area contributed by atoms with E-state index >= 15 is 0 Å². The van der Waals surface area contributed by atoms with Crippen LogP contribution in [0, 0.1) is 0 Å². The molecule has 0 aliphatic heterocycles. The highest BCUT2D eigenvalue weighted by atomic mass is 79.9. The molecule has 1 heterocycles. The van der Waals surface area contributed by atoms with Crippen LogP contribution in [0.4, 0.5) is 0 Å². The lowest BCUT2D eigenvalue weighted by Crippen LogP contribution is -1.96. The van der Waals surface area contributed by atoms with E-state index in [4.69, 9.17) is 14.2 Å². The summed E-state index contributed by atoms with van der Waals surface area (Å²) in [6, 6.07) is 7.60. The first kappa shape index (κ1) is 13.7. The van der Waals surface area contributed by atoms with Crippen LogP contribution in [0.25, 0.3) is 11.3 Å². The maximum absolute atomic E-state index is 5.32. The fraction of sp³-hybridized carbons (Fsp3) is 0.214. The zero-order valence-electron chi connectivity index (χ0n) is 10.9. The number of hydrogen-bond donors (Lipinski definition) is 0. The zero-order chi connectivity index (χ0) is 13.8. The van der Waals surface area contributed by atoms with Crippen molar-refractivity contribution in [3.63, 3.8) is 0 Å². The molecule has 0 N–H and O–H groups in total. The second-order valence-corrected chi connectivity index (χ2v) is 4.69. The van der Waals surface area contributed by atoms with E-state index in [-0.39, 0.29) is 0 Å². The van der Waals surface area contributed by atoms with Crippen molar-refractivity contribution >= 4 is 15.9 Å². The third kappa shape index (κ3) is 2.81. The highest BCUT2D eigenvalue weighted by Gasteiger charge is 2.14. The molecule has 0 amide bonds. The van der Waals surface area contributed by atoms with Crippen LogP contribution in [0.15, 0.2) is 34.9 Å². The first-order chi connectivity index (χ1) is 9.19. The van der Waals surface area contributed by atoms with Gasteiger partial charge in [-0.15, -0.1) is 0 Å². The number of methoxy groups -OCH3 is 3. The van der Waals surface area contributed by atoms with Gasteiger partial charge in [-0.25, -0.2) is 0 Å².